The van der Waals surface area contributed by atoms with Gasteiger partial charge in [-0.05, 0) is 62.8 Å². The molecule has 2 aliphatic heterocycles. The Kier molecular flexibility index (Phi) is 20.5. The fraction of sp³-hybridized carbons (Fsp3) is 0.517. The van der Waals surface area contributed by atoms with Gasteiger partial charge in [0.15, 0.2) is 5.75 Å². The maximum atomic E-state index is 12.6. The minimum atomic E-state index is -5.79. The van der Waals surface area contributed by atoms with Crippen LogP contribution in [0.2, 0.25) is 10.0 Å². The van der Waals surface area contributed by atoms with Gasteiger partial charge >= 0.3 is 27.9 Å². The zero-order valence-corrected chi connectivity index (χ0v) is 31.4. The zero-order chi connectivity index (χ0) is 38.8. The molecular weight excluding hydrogens is 776 g/mol. The van der Waals surface area contributed by atoms with E-state index < -0.39 is 40.8 Å². The molecule has 0 radical (unpaired) electrons. The van der Waals surface area contributed by atoms with E-state index in [1.54, 1.807) is 7.11 Å². The van der Waals surface area contributed by atoms with Crippen LogP contribution in [0.15, 0.2) is 28.6 Å². The number of ether oxygens (including phenoxy) is 2. The van der Waals surface area contributed by atoms with Crippen molar-refractivity contribution in [2.24, 2.45) is 4.36 Å². The monoisotopic (exact) mass is 812 g/mol. The Labute approximate surface area is 299 Å². The molecule has 2 saturated heterocycles. The molecule has 0 saturated carbocycles. The second kappa shape index (κ2) is 21.9. The lowest BCUT2D eigenvalue weighted by Gasteiger charge is -2.17. The largest absolute Gasteiger partial charge is 0.534 e. The fourth-order valence-electron chi connectivity index (χ4n) is 4.07. The van der Waals surface area contributed by atoms with Gasteiger partial charge in [-0.3, -0.25) is 4.78 Å². The first kappa shape index (κ1) is 46.8. The average molecular weight is 814 g/mol. The van der Waals surface area contributed by atoms with Gasteiger partial charge in [-0.15, -0.1) is 0 Å². The molecule has 282 valence electrons. The molecule has 0 spiro atoms. The van der Waals surface area contributed by atoms with Crippen LogP contribution in [0, 0.1) is 18.6 Å². The van der Waals surface area contributed by atoms with E-state index in [2.05, 4.69) is 8.55 Å². The second-order valence-corrected chi connectivity index (χ2v) is 17.5. The summed E-state index contributed by atoms with van der Waals surface area (Å²) in [4.78, 5) is 32.5. The Balaban J connectivity index is 0.000000702. The Morgan fingerprint density at radius 3 is 1.54 bits per heavy atom. The molecule has 0 bridgehead atoms. The summed E-state index contributed by atoms with van der Waals surface area (Å²) < 4.78 is 107. The molecule has 21 heteroatoms. The molecule has 50 heavy (non-hydrogen) atoms. The van der Waals surface area contributed by atoms with Crippen LogP contribution in [0.3, 0.4) is 0 Å². The number of benzene rings is 2. The number of hydrogen-bond donors (Lipinski definition) is 1. The van der Waals surface area contributed by atoms with Crippen LogP contribution in [0.5, 0.6) is 17.2 Å². The smallest absolute Gasteiger partial charge is 0.494 e. The number of halogens is 5. The molecule has 2 aliphatic rings. The third kappa shape index (κ3) is 15.8. The summed E-state index contributed by atoms with van der Waals surface area (Å²) >= 11 is 12.0. The number of nitrogens with one attached hydrogen (secondary N) is 1. The van der Waals surface area contributed by atoms with Crippen molar-refractivity contribution in [3.63, 3.8) is 0 Å². The molecule has 4 rings (SSSR count). The van der Waals surface area contributed by atoms with Crippen LogP contribution < -0.4 is 13.7 Å². The molecule has 2 heterocycles. The van der Waals surface area contributed by atoms with Crippen molar-refractivity contribution in [1.29, 1.82) is 4.78 Å². The highest BCUT2D eigenvalue weighted by Crippen LogP contribution is 2.41. The van der Waals surface area contributed by atoms with Gasteiger partial charge in [0.25, 0.3) is 0 Å². The SMILES string of the molecule is COc1ccc(C)c(Cl)c1N=S1(=O)CCCCC1.COc1ccc(C)c(Cl)c1OS(=O)(=O)C(F)(F)F.N=S1(=O)CCCCC1.O=C=O.O=C=O. The van der Waals surface area contributed by atoms with Crippen LogP contribution in [0.1, 0.15) is 49.7 Å². The molecule has 2 fully saturated rings. The second-order valence-electron chi connectivity index (χ2n) is 10.2. The minimum Gasteiger partial charge on any atom is -0.494 e. The predicted molar refractivity (Wildman–Crippen MR) is 179 cm³/mol. The van der Waals surface area contributed by atoms with Crippen LogP contribution >= 0.6 is 23.2 Å². The number of alkyl halides is 3. The first-order valence-electron chi connectivity index (χ1n) is 14.3. The van der Waals surface area contributed by atoms with Crippen molar-refractivity contribution in [2.75, 3.05) is 37.2 Å². The predicted octanol–water partition coefficient (Wildman–Crippen LogP) is 6.88. The molecule has 2 aromatic rings. The van der Waals surface area contributed by atoms with E-state index in [0.29, 0.717) is 45.0 Å². The van der Waals surface area contributed by atoms with Crippen LogP contribution in [-0.4, -0.2) is 71.9 Å². The lowest BCUT2D eigenvalue weighted by atomic mass is 10.2. The maximum absolute atomic E-state index is 12.6. The summed E-state index contributed by atoms with van der Waals surface area (Å²) in [6.07, 6.45) is 6.79. The van der Waals surface area contributed by atoms with Crippen LogP contribution in [0.25, 0.3) is 0 Å². The summed E-state index contributed by atoms with van der Waals surface area (Å²) in [6.45, 7) is 3.39. The van der Waals surface area contributed by atoms with E-state index >= 15 is 0 Å². The molecule has 0 atom stereocenters. The van der Waals surface area contributed by atoms with Gasteiger partial charge in [0.2, 0.25) is 5.75 Å². The maximum Gasteiger partial charge on any atom is 0.534 e. The zero-order valence-electron chi connectivity index (χ0n) is 27.4. The van der Waals surface area contributed by atoms with Crippen molar-refractivity contribution in [3.8, 4) is 17.2 Å². The Morgan fingerprint density at radius 2 is 1.16 bits per heavy atom. The lowest BCUT2D eigenvalue weighted by molar-refractivity contribution is -0.193. The lowest BCUT2D eigenvalue weighted by Crippen LogP contribution is -2.28. The first-order chi connectivity index (χ1) is 23.2. The average Bonchev–Trinajstić information content (AvgIpc) is 3.03. The molecule has 2 aromatic carbocycles. The number of rotatable bonds is 5. The van der Waals surface area contributed by atoms with Crippen molar-refractivity contribution in [2.45, 2.75) is 57.9 Å². The minimum absolute atomic E-state index is 0.210. The van der Waals surface area contributed by atoms with E-state index in [0.717, 1.165) is 44.8 Å². The van der Waals surface area contributed by atoms with Gasteiger partial charge in [0.05, 0.1) is 34.0 Å². The van der Waals surface area contributed by atoms with Crippen LogP contribution in [-0.2, 0) is 48.8 Å². The van der Waals surface area contributed by atoms with Crippen molar-refractivity contribution in [1.82, 2.24) is 0 Å². The molecular formula is C29H37Cl2F3N2O11S3. The topological polar surface area (TPSA) is 200 Å². The summed E-state index contributed by atoms with van der Waals surface area (Å²) in [5, 5.41) is 0.282. The molecule has 0 aromatic heterocycles. The molecule has 0 aliphatic carbocycles. The quantitative estimate of drug-likeness (QED) is 0.244. The van der Waals surface area contributed by atoms with Gasteiger partial charge < -0.3 is 13.7 Å². The van der Waals surface area contributed by atoms with Crippen molar-refractivity contribution < 1.29 is 62.8 Å². The summed E-state index contributed by atoms with van der Waals surface area (Å²) in [6, 6.07) is 6.41. The number of carbonyl (C=O) groups excluding carboxylic acids is 4. The molecule has 0 unspecified atom stereocenters. The highest BCUT2D eigenvalue weighted by molar-refractivity contribution is 7.93. The van der Waals surface area contributed by atoms with Crippen molar-refractivity contribution in [3.05, 3.63) is 45.4 Å². The van der Waals surface area contributed by atoms with Gasteiger partial charge in [-0.25, -0.2) is 8.42 Å². The van der Waals surface area contributed by atoms with Gasteiger partial charge in [-0.2, -0.15) is 45.1 Å². The molecule has 1 N–H and O–H groups in total. The fourth-order valence-corrected chi connectivity index (χ4v) is 8.79. The Hall–Kier alpha value is -3.18. The number of aryl methyl sites for hydroxylation is 2. The van der Waals surface area contributed by atoms with E-state index in [1.807, 2.05) is 19.1 Å². The Morgan fingerprint density at radius 1 is 0.760 bits per heavy atom. The molecule has 13 nitrogen and oxygen atoms in total. The standard InChI is InChI=1S/C13H18ClNO2S.C9H8ClF3O4S.C5H11NOS.2CO2/c1-10-6-7-11(17-2)13(12(10)14)15-18(16)8-4-3-5-9-18;1-5-3-4-6(16-2)8(7(5)10)17-18(14,15)9(11,12)13;6-8(7)4-2-1-3-5-8;2*2-1-3/h6-7H,3-5,8-9H2,1-2H3;3-4H,1-2H3;6H,1-5H2;;. The van der Waals surface area contributed by atoms with Crippen LogP contribution in [0.4, 0.5) is 18.9 Å². The highest BCUT2D eigenvalue weighted by atomic mass is 35.5. The molecule has 0 amide bonds. The summed E-state index contributed by atoms with van der Waals surface area (Å²) in [5.74, 6) is 2.33. The van der Waals surface area contributed by atoms with E-state index in [1.165, 1.54) is 25.5 Å². The van der Waals surface area contributed by atoms with E-state index in [4.69, 9.17) is 56.6 Å². The van der Waals surface area contributed by atoms with Gasteiger partial charge in [-0.1, -0.05) is 48.2 Å². The number of methoxy groups -OCH3 is 2. The van der Waals surface area contributed by atoms with Gasteiger partial charge in [0.1, 0.15) is 11.4 Å². The third-order valence-electron chi connectivity index (χ3n) is 6.58. The normalized spacial score (nSPS) is 15.8. The van der Waals surface area contributed by atoms with Crippen molar-refractivity contribution >= 4 is 70.8 Å². The highest BCUT2D eigenvalue weighted by Gasteiger charge is 2.49. The first-order valence-corrected chi connectivity index (χ1v) is 20.2. The van der Waals surface area contributed by atoms with E-state index in [-0.39, 0.29) is 23.1 Å². The number of hydrogen-bond acceptors (Lipinski definition) is 13. The van der Waals surface area contributed by atoms with E-state index in [9.17, 15) is 30.0 Å². The number of nitrogens with zero attached hydrogens (tertiary/aromatic N) is 1. The van der Waals surface area contributed by atoms with Gasteiger partial charge in [0, 0.05) is 32.7 Å². The Bertz CT molecular complexity index is 1800. The summed E-state index contributed by atoms with van der Waals surface area (Å²) in [5.41, 5.74) is -3.71. The third-order valence-corrected chi connectivity index (χ3v) is 12.7. The summed E-state index contributed by atoms with van der Waals surface area (Å²) in [7, 11) is -7.30.